The zero-order chi connectivity index (χ0) is 15.5. The minimum atomic E-state index is -4.83. The highest BCUT2D eigenvalue weighted by Crippen LogP contribution is 2.30. The van der Waals surface area contributed by atoms with Crippen molar-refractivity contribution < 1.29 is 22.7 Å². The maximum Gasteiger partial charge on any atom is 0.573 e. The van der Waals surface area contributed by atoms with Gasteiger partial charge in [-0.25, -0.2) is 0 Å². The lowest BCUT2D eigenvalue weighted by Crippen LogP contribution is -2.19. The van der Waals surface area contributed by atoms with Crippen LogP contribution in [0.15, 0.2) is 24.3 Å². The van der Waals surface area contributed by atoms with Gasteiger partial charge in [-0.15, -0.1) is 18.3 Å². The topological polar surface area (TPSA) is 64.1 Å². The van der Waals surface area contributed by atoms with Crippen molar-refractivity contribution in [3.63, 3.8) is 0 Å². The van der Waals surface area contributed by atoms with Gasteiger partial charge in [0.1, 0.15) is 4.88 Å². The Morgan fingerprint density at radius 3 is 2.76 bits per heavy atom. The summed E-state index contributed by atoms with van der Waals surface area (Å²) in [6, 6.07) is 5.31. The van der Waals surface area contributed by atoms with E-state index in [1.165, 1.54) is 18.2 Å². The number of hydrogen-bond acceptors (Lipinski definition) is 5. The van der Waals surface area contributed by atoms with E-state index in [1.54, 1.807) is 6.92 Å². The number of aryl methyl sites for hydroxylation is 1. The first-order valence-corrected chi connectivity index (χ1v) is 6.65. The summed E-state index contributed by atoms with van der Waals surface area (Å²) in [6.07, 6.45) is -4.33. The zero-order valence-electron chi connectivity index (χ0n) is 10.8. The van der Waals surface area contributed by atoms with E-state index in [4.69, 9.17) is 0 Å². The van der Waals surface area contributed by atoms with Gasteiger partial charge in [0.05, 0.1) is 11.4 Å². The fraction of sp³-hybridized carbons (Fsp3) is 0.250. The Morgan fingerprint density at radius 1 is 1.38 bits per heavy atom. The molecule has 1 aromatic heterocycles. The first-order chi connectivity index (χ1) is 9.90. The number of amides is 1. The fourth-order valence-electron chi connectivity index (χ4n) is 1.58. The molecule has 0 aliphatic rings. The van der Waals surface area contributed by atoms with E-state index in [0.717, 1.165) is 17.6 Å². The van der Waals surface area contributed by atoms with Gasteiger partial charge in [0, 0.05) is 0 Å². The Balaban J connectivity index is 2.22. The SMILES string of the molecule is CCc1nnsc1C(=O)Nc1ccccc1OC(F)(F)F. The molecule has 9 heteroatoms. The Morgan fingerprint density at radius 2 is 2.10 bits per heavy atom. The highest BCUT2D eigenvalue weighted by molar-refractivity contribution is 7.08. The molecule has 1 N–H and O–H groups in total. The summed E-state index contributed by atoms with van der Waals surface area (Å²) in [5, 5.41) is 6.15. The lowest BCUT2D eigenvalue weighted by atomic mass is 10.2. The van der Waals surface area contributed by atoms with Gasteiger partial charge in [0.25, 0.3) is 5.91 Å². The molecule has 0 atom stereocenters. The molecule has 1 aromatic carbocycles. The average Bonchev–Trinajstić information content (AvgIpc) is 2.87. The number of halogens is 3. The van der Waals surface area contributed by atoms with Crippen LogP contribution < -0.4 is 10.1 Å². The van der Waals surface area contributed by atoms with Crippen LogP contribution >= 0.6 is 11.5 Å². The van der Waals surface area contributed by atoms with E-state index in [-0.39, 0.29) is 10.6 Å². The van der Waals surface area contributed by atoms with Crippen molar-refractivity contribution in [1.82, 2.24) is 9.59 Å². The number of anilines is 1. The van der Waals surface area contributed by atoms with Crippen molar-refractivity contribution in [2.45, 2.75) is 19.7 Å². The van der Waals surface area contributed by atoms with E-state index < -0.39 is 18.0 Å². The van der Waals surface area contributed by atoms with Crippen molar-refractivity contribution >= 4 is 23.1 Å². The molecular formula is C12H10F3N3O2S. The summed E-state index contributed by atoms with van der Waals surface area (Å²) in [5.74, 6) is -1.05. The molecule has 2 rings (SSSR count). The van der Waals surface area contributed by atoms with Gasteiger partial charge in [-0.05, 0) is 30.1 Å². The molecule has 0 aliphatic heterocycles. The second-order valence-corrected chi connectivity index (χ2v) is 4.65. The third-order valence-electron chi connectivity index (χ3n) is 2.46. The minimum absolute atomic E-state index is 0.0738. The third kappa shape index (κ3) is 3.91. The molecule has 0 aliphatic carbocycles. The van der Waals surface area contributed by atoms with Gasteiger partial charge in [-0.1, -0.05) is 23.5 Å². The highest BCUT2D eigenvalue weighted by Gasteiger charge is 2.32. The molecule has 0 saturated carbocycles. The van der Waals surface area contributed by atoms with Gasteiger partial charge in [0.2, 0.25) is 0 Å². The summed E-state index contributed by atoms with van der Waals surface area (Å²) in [5.41, 5.74) is 0.419. The number of alkyl halides is 3. The summed E-state index contributed by atoms with van der Waals surface area (Å²) in [7, 11) is 0. The minimum Gasteiger partial charge on any atom is -0.404 e. The number of nitrogens with one attached hydrogen (secondary N) is 1. The summed E-state index contributed by atoms with van der Waals surface area (Å²) in [6.45, 7) is 1.80. The summed E-state index contributed by atoms with van der Waals surface area (Å²) >= 11 is 0.884. The molecule has 1 heterocycles. The van der Waals surface area contributed by atoms with Crippen molar-refractivity contribution in [1.29, 1.82) is 0 Å². The summed E-state index contributed by atoms with van der Waals surface area (Å²) < 4.78 is 44.4. The molecule has 112 valence electrons. The van der Waals surface area contributed by atoms with Crippen LogP contribution in [-0.2, 0) is 6.42 Å². The number of aromatic nitrogens is 2. The maximum atomic E-state index is 12.3. The molecule has 1 amide bonds. The van der Waals surface area contributed by atoms with Crippen LogP contribution in [0.3, 0.4) is 0 Å². The van der Waals surface area contributed by atoms with Crippen LogP contribution in [0.2, 0.25) is 0 Å². The number of ether oxygens (including phenoxy) is 1. The maximum absolute atomic E-state index is 12.3. The van der Waals surface area contributed by atoms with Crippen molar-refractivity contribution in [3.05, 3.63) is 34.8 Å². The van der Waals surface area contributed by atoms with Crippen LogP contribution in [0.4, 0.5) is 18.9 Å². The van der Waals surface area contributed by atoms with Gasteiger partial charge in [0.15, 0.2) is 5.75 Å². The monoisotopic (exact) mass is 317 g/mol. The van der Waals surface area contributed by atoms with E-state index in [0.29, 0.717) is 12.1 Å². The highest BCUT2D eigenvalue weighted by atomic mass is 32.1. The molecule has 0 unspecified atom stereocenters. The van der Waals surface area contributed by atoms with Crippen molar-refractivity contribution in [2.75, 3.05) is 5.32 Å². The number of para-hydroxylation sites is 2. The fourth-order valence-corrected chi connectivity index (χ4v) is 2.22. The van der Waals surface area contributed by atoms with E-state index >= 15 is 0 Å². The number of nitrogens with zero attached hydrogens (tertiary/aromatic N) is 2. The van der Waals surface area contributed by atoms with Crippen molar-refractivity contribution in [2.24, 2.45) is 0 Å². The number of benzene rings is 1. The lowest BCUT2D eigenvalue weighted by Gasteiger charge is -2.13. The molecule has 21 heavy (non-hydrogen) atoms. The van der Waals surface area contributed by atoms with E-state index in [9.17, 15) is 18.0 Å². The molecule has 0 spiro atoms. The largest absolute Gasteiger partial charge is 0.573 e. The molecular weight excluding hydrogens is 307 g/mol. The normalized spacial score (nSPS) is 11.2. The average molecular weight is 317 g/mol. The van der Waals surface area contributed by atoms with Gasteiger partial charge in [-0.3, -0.25) is 4.79 Å². The van der Waals surface area contributed by atoms with Crippen LogP contribution in [0, 0.1) is 0 Å². The van der Waals surface area contributed by atoms with Crippen molar-refractivity contribution in [3.8, 4) is 5.75 Å². The molecule has 0 saturated heterocycles. The standard InChI is InChI=1S/C12H10F3N3O2S/c1-2-7-10(21-18-17-7)11(19)16-8-5-3-4-6-9(8)20-12(13,14)15/h3-6H,2H2,1H3,(H,16,19). The van der Waals surface area contributed by atoms with Gasteiger partial charge < -0.3 is 10.1 Å². The molecule has 0 fully saturated rings. The predicted molar refractivity (Wildman–Crippen MR) is 70.4 cm³/mol. The molecule has 0 bridgehead atoms. The number of carbonyl (C=O) groups excluding carboxylic acids is 1. The molecule has 5 nitrogen and oxygen atoms in total. The Labute approximate surface area is 121 Å². The van der Waals surface area contributed by atoms with Crippen LogP contribution in [-0.4, -0.2) is 21.9 Å². The first kappa shape index (κ1) is 15.2. The van der Waals surface area contributed by atoms with Crippen LogP contribution in [0.5, 0.6) is 5.75 Å². The Hall–Kier alpha value is -2.16. The quantitative estimate of drug-likeness (QED) is 0.940. The second-order valence-electron chi connectivity index (χ2n) is 3.90. The van der Waals surface area contributed by atoms with E-state index in [1.807, 2.05) is 0 Å². The Kier molecular flexibility index (Phi) is 4.41. The lowest BCUT2D eigenvalue weighted by molar-refractivity contribution is -0.274. The number of hydrogen-bond donors (Lipinski definition) is 1. The molecule has 0 radical (unpaired) electrons. The summed E-state index contributed by atoms with van der Waals surface area (Å²) in [4.78, 5) is 12.3. The smallest absolute Gasteiger partial charge is 0.404 e. The van der Waals surface area contributed by atoms with Gasteiger partial charge >= 0.3 is 6.36 Å². The second kappa shape index (κ2) is 6.08. The number of carbonyl (C=O) groups is 1. The third-order valence-corrected chi connectivity index (χ3v) is 3.22. The first-order valence-electron chi connectivity index (χ1n) is 5.88. The zero-order valence-corrected chi connectivity index (χ0v) is 11.6. The van der Waals surface area contributed by atoms with Crippen LogP contribution in [0.25, 0.3) is 0 Å². The molecule has 2 aromatic rings. The Bertz CT molecular complexity index is 643. The predicted octanol–water partition coefficient (Wildman–Crippen LogP) is 3.25. The van der Waals surface area contributed by atoms with E-state index in [2.05, 4.69) is 19.6 Å². The van der Waals surface area contributed by atoms with Gasteiger partial charge in [-0.2, -0.15) is 0 Å². The number of rotatable bonds is 4. The van der Waals surface area contributed by atoms with Crippen LogP contribution in [0.1, 0.15) is 22.3 Å².